The van der Waals surface area contributed by atoms with E-state index in [1.54, 1.807) is 18.2 Å². The molecule has 102 valence electrons. The molecule has 19 heavy (non-hydrogen) atoms. The second-order valence-corrected chi connectivity index (χ2v) is 4.13. The molecule has 0 aliphatic heterocycles. The van der Waals surface area contributed by atoms with Crippen molar-refractivity contribution in [2.75, 3.05) is 6.61 Å². The third kappa shape index (κ3) is 2.85. The summed E-state index contributed by atoms with van der Waals surface area (Å²) in [4.78, 5) is 23.2. The zero-order chi connectivity index (χ0) is 13.8. The van der Waals surface area contributed by atoms with E-state index >= 15 is 0 Å². The molecule has 0 fully saturated rings. The Bertz CT molecular complexity index is 640. The minimum atomic E-state index is -0.612. The lowest BCUT2D eigenvalue weighted by molar-refractivity contribution is -0.144. The van der Waals surface area contributed by atoms with Crippen LogP contribution in [-0.2, 0) is 22.7 Å². The van der Waals surface area contributed by atoms with Crippen molar-refractivity contribution < 1.29 is 19.1 Å². The van der Waals surface area contributed by atoms with Crippen LogP contribution in [0.5, 0.6) is 0 Å². The molecule has 0 saturated carbocycles. The van der Waals surface area contributed by atoms with Crippen LogP contribution in [0.4, 0.5) is 0 Å². The molecule has 0 spiro atoms. The van der Waals surface area contributed by atoms with Crippen molar-refractivity contribution in [3.05, 3.63) is 34.3 Å². The van der Waals surface area contributed by atoms with E-state index in [1.807, 2.05) is 6.92 Å². The Labute approximate surface area is 109 Å². The van der Waals surface area contributed by atoms with Crippen molar-refractivity contribution in [3.63, 3.8) is 0 Å². The topological polar surface area (TPSA) is 81.7 Å². The number of ether oxygens (including phenoxy) is 1. The van der Waals surface area contributed by atoms with E-state index in [9.17, 15) is 9.59 Å². The SMILES string of the molecule is CCCOC(=O)Cn1c(=O)oc2ccc(CO)cc21. The third-order valence-corrected chi connectivity index (χ3v) is 2.67. The molecule has 0 radical (unpaired) electrons. The molecule has 1 aromatic heterocycles. The minimum absolute atomic E-state index is 0.143. The van der Waals surface area contributed by atoms with Crippen LogP contribution in [0.25, 0.3) is 11.1 Å². The van der Waals surface area contributed by atoms with Gasteiger partial charge in [-0.3, -0.25) is 9.36 Å². The van der Waals surface area contributed by atoms with Gasteiger partial charge in [0, 0.05) is 0 Å². The molecule has 0 bridgehead atoms. The lowest BCUT2D eigenvalue weighted by atomic mass is 10.2. The second kappa shape index (κ2) is 5.71. The Kier molecular flexibility index (Phi) is 4.01. The fraction of sp³-hybridized carbons (Fsp3) is 0.385. The van der Waals surface area contributed by atoms with E-state index in [0.29, 0.717) is 23.3 Å². The lowest BCUT2D eigenvalue weighted by Crippen LogP contribution is -2.21. The molecule has 0 atom stereocenters. The molecule has 2 rings (SSSR count). The molecule has 0 unspecified atom stereocenters. The second-order valence-electron chi connectivity index (χ2n) is 4.13. The van der Waals surface area contributed by atoms with Crippen molar-refractivity contribution in [2.45, 2.75) is 26.5 Å². The number of hydrogen-bond acceptors (Lipinski definition) is 5. The number of oxazole rings is 1. The Balaban J connectivity index is 2.33. The highest BCUT2D eigenvalue weighted by molar-refractivity contribution is 5.77. The normalized spacial score (nSPS) is 10.8. The minimum Gasteiger partial charge on any atom is -0.464 e. The van der Waals surface area contributed by atoms with Crippen LogP contribution in [0.1, 0.15) is 18.9 Å². The molecule has 2 aromatic rings. The average Bonchev–Trinajstić information content (AvgIpc) is 2.72. The van der Waals surface area contributed by atoms with E-state index in [2.05, 4.69) is 0 Å². The summed E-state index contributed by atoms with van der Waals surface area (Å²) in [7, 11) is 0. The first-order valence-corrected chi connectivity index (χ1v) is 6.04. The van der Waals surface area contributed by atoms with Gasteiger partial charge < -0.3 is 14.3 Å². The maximum absolute atomic E-state index is 11.7. The number of aliphatic hydroxyl groups is 1. The van der Waals surface area contributed by atoms with Gasteiger partial charge in [-0.1, -0.05) is 13.0 Å². The number of benzene rings is 1. The maximum Gasteiger partial charge on any atom is 0.420 e. The highest BCUT2D eigenvalue weighted by Gasteiger charge is 2.13. The number of aromatic nitrogens is 1. The Morgan fingerprint density at radius 1 is 1.47 bits per heavy atom. The summed E-state index contributed by atoms with van der Waals surface area (Å²) >= 11 is 0. The maximum atomic E-state index is 11.7. The Morgan fingerprint density at radius 3 is 2.95 bits per heavy atom. The molecular formula is C13H15NO5. The number of esters is 1. The summed E-state index contributed by atoms with van der Waals surface area (Å²) in [6, 6.07) is 4.87. The van der Waals surface area contributed by atoms with E-state index < -0.39 is 11.7 Å². The van der Waals surface area contributed by atoms with E-state index in [0.717, 1.165) is 6.42 Å². The number of rotatable bonds is 5. The van der Waals surface area contributed by atoms with Crippen LogP contribution in [0.3, 0.4) is 0 Å². The van der Waals surface area contributed by atoms with Gasteiger partial charge in [0.05, 0.1) is 18.7 Å². The molecule has 1 N–H and O–H groups in total. The number of hydrogen-bond donors (Lipinski definition) is 1. The first kappa shape index (κ1) is 13.4. The first-order chi connectivity index (χ1) is 9.15. The quantitative estimate of drug-likeness (QED) is 0.817. The number of fused-ring (bicyclic) bond motifs is 1. The van der Waals surface area contributed by atoms with Gasteiger partial charge in [-0.05, 0) is 24.1 Å². The van der Waals surface area contributed by atoms with Gasteiger partial charge in [0.1, 0.15) is 6.54 Å². The molecule has 0 saturated heterocycles. The average molecular weight is 265 g/mol. The lowest BCUT2D eigenvalue weighted by Gasteiger charge is -2.04. The van der Waals surface area contributed by atoms with E-state index in [4.69, 9.17) is 14.3 Å². The highest BCUT2D eigenvalue weighted by Crippen LogP contribution is 2.15. The van der Waals surface area contributed by atoms with Crippen LogP contribution < -0.4 is 5.76 Å². The first-order valence-electron chi connectivity index (χ1n) is 6.04. The molecular weight excluding hydrogens is 250 g/mol. The van der Waals surface area contributed by atoms with Crippen molar-refractivity contribution >= 4 is 17.1 Å². The van der Waals surface area contributed by atoms with E-state index in [-0.39, 0.29) is 13.2 Å². The fourth-order valence-electron chi connectivity index (χ4n) is 1.75. The van der Waals surface area contributed by atoms with Crippen LogP contribution in [0, 0.1) is 0 Å². The molecule has 0 aliphatic carbocycles. The van der Waals surface area contributed by atoms with Gasteiger partial charge in [-0.15, -0.1) is 0 Å². The van der Waals surface area contributed by atoms with Crippen LogP contribution in [0.2, 0.25) is 0 Å². The van der Waals surface area contributed by atoms with Gasteiger partial charge in [0.25, 0.3) is 0 Å². The van der Waals surface area contributed by atoms with Crippen molar-refractivity contribution in [2.24, 2.45) is 0 Å². The van der Waals surface area contributed by atoms with Gasteiger partial charge in [-0.2, -0.15) is 0 Å². The van der Waals surface area contributed by atoms with E-state index in [1.165, 1.54) is 4.57 Å². The van der Waals surface area contributed by atoms with Gasteiger partial charge >= 0.3 is 11.7 Å². The van der Waals surface area contributed by atoms with Gasteiger partial charge in [0.2, 0.25) is 0 Å². The third-order valence-electron chi connectivity index (χ3n) is 2.67. The van der Waals surface area contributed by atoms with Gasteiger partial charge in [0.15, 0.2) is 5.58 Å². The number of carbonyl (C=O) groups excluding carboxylic acids is 1. The molecule has 0 aliphatic rings. The van der Waals surface area contributed by atoms with Gasteiger partial charge in [-0.25, -0.2) is 4.79 Å². The summed E-state index contributed by atoms with van der Waals surface area (Å²) in [5.41, 5.74) is 1.50. The summed E-state index contributed by atoms with van der Waals surface area (Å²) < 4.78 is 11.2. The summed E-state index contributed by atoms with van der Waals surface area (Å²) in [5.74, 6) is -1.10. The van der Waals surface area contributed by atoms with Crippen molar-refractivity contribution in [1.29, 1.82) is 0 Å². The Morgan fingerprint density at radius 2 is 2.26 bits per heavy atom. The predicted molar refractivity (Wildman–Crippen MR) is 67.6 cm³/mol. The molecule has 0 amide bonds. The predicted octanol–water partition coefficient (Wildman–Crippen LogP) is 1.04. The van der Waals surface area contributed by atoms with Crippen LogP contribution >= 0.6 is 0 Å². The summed E-state index contributed by atoms with van der Waals surface area (Å²) in [6.07, 6.45) is 0.724. The zero-order valence-corrected chi connectivity index (χ0v) is 10.6. The number of aliphatic hydroxyl groups excluding tert-OH is 1. The molecule has 1 heterocycles. The number of nitrogens with zero attached hydrogens (tertiary/aromatic N) is 1. The largest absolute Gasteiger partial charge is 0.464 e. The van der Waals surface area contributed by atoms with Crippen LogP contribution in [0.15, 0.2) is 27.4 Å². The zero-order valence-electron chi connectivity index (χ0n) is 10.6. The molecule has 1 aromatic carbocycles. The number of carbonyl (C=O) groups is 1. The van der Waals surface area contributed by atoms with Crippen molar-refractivity contribution in [3.8, 4) is 0 Å². The Hall–Kier alpha value is -2.08. The highest BCUT2D eigenvalue weighted by atomic mass is 16.5. The standard InChI is InChI=1S/C13H15NO5/c1-2-5-18-12(16)7-14-10-6-9(8-15)3-4-11(10)19-13(14)17/h3-4,6,15H,2,5,7-8H2,1H3. The van der Waals surface area contributed by atoms with Crippen LogP contribution in [-0.4, -0.2) is 22.2 Å². The van der Waals surface area contributed by atoms with Crippen molar-refractivity contribution in [1.82, 2.24) is 4.57 Å². The smallest absolute Gasteiger partial charge is 0.420 e. The fourth-order valence-corrected chi connectivity index (χ4v) is 1.75. The molecule has 6 heteroatoms. The molecule has 6 nitrogen and oxygen atoms in total. The monoisotopic (exact) mass is 265 g/mol. The summed E-state index contributed by atoms with van der Waals surface area (Å²) in [5, 5.41) is 9.08. The summed E-state index contributed by atoms with van der Waals surface area (Å²) in [6.45, 7) is 1.88.